The van der Waals surface area contributed by atoms with Crippen LogP contribution in [0.4, 0.5) is 10.1 Å². The van der Waals surface area contributed by atoms with Gasteiger partial charge < -0.3 is 15.5 Å². The van der Waals surface area contributed by atoms with E-state index < -0.39 is 15.7 Å². The molecule has 8 heteroatoms. The standard InChI is InChI=1S/C23H31FN4O2S/c1-4-25-23(26-14-17(2)28-12-11-18-7-5-6-8-22(18)28)27-15-20-13-21(24)10-9-19(20)16-31(3,29)30/h5-10,13,17H,4,11-12,14-16H2,1-3H3,(H2,25,26,27). The van der Waals surface area contributed by atoms with Crippen molar-refractivity contribution in [2.24, 2.45) is 4.99 Å². The number of fused-ring (bicyclic) bond motifs is 1. The Bertz CT molecular complexity index is 1040. The number of hydrogen-bond acceptors (Lipinski definition) is 4. The molecule has 0 spiro atoms. The highest BCUT2D eigenvalue weighted by atomic mass is 32.2. The van der Waals surface area contributed by atoms with E-state index in [1.807, 2.05) is 6.92 Å². The fraction of sp³-hybridized carbons (Fsp3) is 0.435. The maximum Gasteiger partial charge on any atom is 0.191 e. The molecule has 1 unspecified atom stereocenters. The second-order valence-corrected chi connectivity index (χ2v) is 10.1. The van der Waals surface area contributed by atoms with E-state index in [1.54, 1.807) is 0 Å². The lowest BCUT2D eigenvalue weighted by Crippen LogP contribution is -2.45. The number of sulfone groups is 1. The molecule has 1 heterocycles. The Hall–Kier alpha value is -2.61. The van der Waals surface area contributed by atoms with Gasteiger partial charge in [0, 0.05) is 37.6 Å². The molecule has 0 bridgehead atoms. The third kappa shape index (κ3) is 6.43. The second-order valence-electron chi connectivity index (χ2n) is 7.98. The summed E-state index contributed by atoms with van der Waals surface area (Å²) in [5.41, 5.74) is 3.80. The normalized spacial score (nSPS) is 15.0. The average molecular weight is 447 g/mol. The maximum absolute atomic E-state index is 13.8. The number of nitrogens with one attached hydrogen (secondary N) is 2. The van der Waals surface area contributed by atoms with Gasteiger partial charge in [-0.15, -0.1) is 0 Å². The van der Waals surface area contributed by atoms with E-state index in [-0.39, 0.29) is 18.3 Å². The number of nitrogens with zero attached hydrogens (tertiary/aromatic N) is 2. The molecule has 2 aromatic rings. The van der Waals surface area contributed by atoms with Crippen molar-refractivity contribution < 1.29 is 12.8 Å². The van der Waals surface area contributed by atoms with Crippen LogP contribution in [-0.4, -0.2) is 46.3 Å². The lowest BCUT2D eigenvalue weighted by atomic mass is 10.1. The number of aliphatic imine (C=N–C) groups is 1. The summed E-state index contributed by atoms with van der Waals surface area (Å²) in [6.45, 7) is 6.72. The highest BCUT2D eigenvalue weighted by molar-refractivity contribution is 7.89. The summed E-state index contributed by atoms with van der Waals surface area (Å²) in [5, 5.41) is 6.57. The molecule has 31 heavy (non-hydrogen) atoms. The van der Waals surface area contributed by atoms with Gasteiger partial charge in [-0.1, -0.05) is 24.3 Å². The molecule has 2 N–H and O–H groups in total. The molecule has 0 fully saturated rings. The van der Waals surface area contributed by atoms with E-state index in [4.69, 9.17) is 0 Å². The Kier molecular flexibility index (Phi) is 7.54. The van der Waals surface area contributed by atoms with Gasteiger partial charge in [0.25, 0.3) is 0 Å². The first-order valence-corrected chi connectivity index (χ1v) is 12.6. The molecule has 0 aliphatic carbocycles. The fourth-order valence-electron chi connectivity index (χ4n) is 3.85. The SMILES string of the molecule is CCNC(=NCc1cc(F)ccc1CS(C)(=O)=O)NCC(C)N1CCc2ccccc21. The third-order valence-electron chi connectivity index (χ3n) is 5.36. The van der Waals surface area contributed by atoms with Crippen LogP contribution >= 0.6 is 0 Å². The van der Waals surface area contributed by atoms with E-state index in [0.29, 0.717) is 30.2 Å². The molecule has 0 radical (unpaired) electrons. The molecule has 3 rings (SSSR count). The number of rotatable bonds is 8. The summed E-state index contributed by atoms with van der Waals surface area (Å²) in [5.74, 6) is 0.0890. The Labute approximate surface area is 184 Å². The Morgan fingerprint density at radius 2 is 1.97 bits per heavy atom. The number of guanidine groups is 1. The van der Waals surface area contributed by atoms with Crippen molar-refractivity contribution in [3.05, 3.63) is 65.0 Å². The second kappa shape index (κ2) is 10.1. The van der Waals surface area contributed by atoms with Crippen LogP contribution in [0.25, 0.3) is 0 Å². The first-order chi connectivity index (χ1) is 14.8. The Morgan fingerprint density at radius 3 is 2.71 bits per heavy atom. The van der Waals surface area contributed by atoms with Crippen LogP contribution in [-0.2, 0) is 28.6 Å². The minimum absolute atomic E-state index is 0.131. The predicted octanol–water partition coefficient (Wildman–Crippen LogP) is 2.88. The van der Waals surface area contributed by atoms with Crippen LogP contribution in [0.15, 0.2) is 47.5 Å². The van der Waals surface area contributed by atoms with Gasteiger partial charge >= 0.3 is 0 Å². The zero-order chi connectivity index (χ0) is 22.4. The van der Waals surface area contributed by atoms with E-state index >= 15 is 0 Å². The van der Waals surface area contributed by atoms with Gasteiger partial charge in [0.2, 0.25) is 0 Å². The molecule has 1 aliphatic rings. The largest absolute Gasteiger partial charge is 0.366 e. The molecule has 0 aromatic heterocycles. The highest BCUT2D eigenvalue weighted by Gasteiger charge is 2.22. The van der Waals surface area contributed by atoms with Crippen LogP contribution in [0.2, 0.25) is 0 Å². The van der Waals surface area contributed by atoms with Gasteiger partial charge in [0.05, 0.1) is 12.3 Å². The van der Waals surface area contributed by atoms with Crippen molar-refractivity contribution in [2.45, 2.75) is 38.6 Å². The monoisotopic (exact) mass is 446 g/mol. The summed E-state index contributed by atoms with van der Waals surface area (Å²) in [6.07, 6.45) is 2.23. The van der Waals surface area contributed by atoms with E-state index in [0.717, 1.165) is 13.0 Å². The molecule has 6 nitrogen and oxygen atoms in total. The maximum atomic E-state index is 13.8. The van der Waals surface area contributed by atoms with Crippen molar-refractivity contribution in [3.63, 3.8) is 0 Å². The quantitative estimate of drug-likeness (QED) is 0.482. The molecule has 0 amide bonds. The molecule has 1 aliphatic heterocycles. The third-order valence-corrected chi connectivity index (χ3v) is 6.19. The summed E-state index contributed by atoms with van der Waals surface area (Å²) < 4.78 is 37.2. The van der Waals surface area contributed by atoms with Crippen molar-refractivity contribution in [1.29, 1.82) is 0 Å². The van der Waals surface area contributed by atoms with Crippen LogP contribution < -0.4 is 15.5 Å². The highest BCUT2D eigenvalue weighted by Crippen LogP contribution is 2.28. The molecular formula is C23H31FN4O2S. The van der Waals surface area contributed by atoms with E-state index in [9.17, 15) is 12.8 Å². The van der Waals surface area contributed by atoms with Crippen molar-refractivity contribution in [1.82, 2.24) is 10.6 Å². The summed E-state index contributed by atoms with van der Waals surface area (Å²) in [4.78, 5) is 6.96. The predicted molar refractivity (Wildman–Crippen MR) is 125 cm³/mol. The van der Waals surface area contributed by atoms with Gasteiger partial charge in [0.15, 0.2) is 15.8 Å². The Balaban J connectivity index is 1.68. The van der Waals surface area contributed by atoms with Crippen molar-refractivity contribution >= 4 is 21.5 Å². The van der Waals surface area contributed by atoms with E-state index in [1.165, 1.54) is 35.7 Å². The van der Waals surface area contributed by atoms with Gasteiger partial charge in [-0.3, -0.25) is 0 Å². The smallest absolute Gasteiger partial charge is 0.191 e. The summed E-state index contributed by atoms with van der Waals surface area (Å²) >= 11 is 0. The molecule has 168 valence electrons. The summed E-state index contributed by atoms with van der Waals surface area (Å²) in [7, 11) is -3.22. The average Bonchev–Trinajstić information content (AvgIpc) is 3.15. The molecular weight excluding hydrogens is 415 g/mol. The number of benzene rings is 2. The zero-order valence-electron chi connectivity index (χ0n) is 18.4. The van der Waals surface area contributed by atoms with Gasteiger partial charge in [-0.05, 0) is 55.2 Å². The first kappa shape index (κ1) is 23.1. The number of halogens is 1. The van der Waals surface area contributed by atoms with Crippen LogP contribution in [0.1, 0.15) is 30.5 Å². The minimum atomic E-state index is -3.22. The van der Waals surface area contributed by atoms with Gasteiger partial charge in [0.1, 0.15) is 5.82 Å². The lowest BCUT2D eigenvalue weighted by Gasteiger charge is -2.28. The lowest BCUT2D eigenvalue weighted by molar-refractivity contribution is 0.600. The van der Waals surface area contributed by atoms with E-state index in [2.05, 4.69) is 51.7 Å². The number of para-hydroxylation sites is 1. The fourth-order valence-corrected chi connectivity index (χ4v) is 4.69. The van der Waals surface area contributed by atoms with Crippen molar-refractivity contribution in [3.8, 4) is 0 Å². The summed E-state index contributed by atoms with van der Waals surface area (Å²) in [6, 6.07) is 12.9. The molecule has 0 saturated carbocycles. The number of hydrogen-bond donors (Lipinski definition) is 2. The molecule has 2 aromatic carbocycles. The minimum Gasteiger partial charge on any atom is -0.366 e. The van der Waals surface area contributed by atoms with Gasteiger partial charge in [-0.2, -0.15) is 0 Å². The van der Waals surface area contributed by atoms with Crippen LogP contribution in [0, 0.1) is 5.82 Å². The van der Waals surface area contributed by atoms with Gasteiger partial charge in [-0.25, -0.2) is 17.8 Å². The van der Waals surface area contributed by atoms with Crippen LogP contribution in [0.5, 0.6) is 0 Å². The zero-order valence-corrected chi connectivity index (χ0v) is 19.2. The van der Waals surface area contributed by atoms with Crippen molar-refractivity contribution in [2.75, 3.05) is 30.8 Å². The topological polar surface area (TPSA) is 73.8 Å². The molecule has 0 saturated heterocycles. The molecule has 1 atom stereocenters. The number of anilines is 1. The Morgan fingerprint density at radius 1 is 1.19 bits per heavy atom. The van der Waals surface area contributed by atoms with Crippen LogP contribution in [0.3, 0.4) is 0 Å². The first-order valence-electron chi connectivity index (χ1n) is 10.6.